The lowest BCUT2D eigenvalue weighted by Gasteiger charge is -2.15. The largest absolute Gasteiger partial charge is 0.311 e. The van der Waals surface area contributed by atoms with Gasteiger partial charge in [-0.15, -0.1) is 11.3 Å². The minimum atomic E-state index is 0.272. The molecule has 0 saturated carbocycles. The molecule has 0 fully saturated rings. The Morgan fingerprint density at radius 2 is 2.38 bits per heavy atom. The molecule has 1 unspecified atom stereocenters. The summed E-state index contributed by atoms with van der Waals surface area (Å²) in [6.45, 7) is 2.03. The number of likely N-dealkylation sites (N-methyl/N-ethyl adjacent to an activating group) is 1. The van der Waals surface area contributed by atoms with Gasteiger partial charge in [-0.1, -0.05) is 0 Å². The maximum Gasteiger partial charge on any atom is 0.0897 e. The summed E-state index contributed by atoms with van der Waals surface area (Å²) in [4.78, 5) is 4.49. The number of hydrogen-bond acceptors (Lipinski definition) is 4. The number of hydrogen-bond donors (Lipinski definition) is 1. The first kappa shape index (κ1) is 11.3. The lowest BCUT2D eigenvalue weighted by atomic mass is 10.1. The second-order valence-electron chi connectivity index (χ2n) is 3.78. The average Bonchev–Trinajstić information content (AvgIpc) is 2.84. The van der Waals surface area contributed by atoms with E-state index in [1.807, 2.05) is 38.0 Å². The monoisotopic (exact) mass is 236 g/mol. The van der Waals surface area contributed by atoms with Crippen LogP contribution in [0.25, 0.3) is 0 Å². The summed E-state index contributed by atoms with van der Waals surface area (Å²) in [5.74, 6) is 0. The molecule has 0 radical (unpaired) electrons. The van der Waals surface area contributed by atoms with Crippen LogP contribution in [0.1, 0.15) is 22.4 Å². The summed E-state index contributed by atoms with van der Waals surface area (Å²) in [5.41, 5.74) is 2.33. The van der Waals surface area contributed by atoms with Crippen molar-refractivity contribution in [1.29, 1.82) is 0 Å². The molecule has 2 heterocycles. The highest BCUT2D eigenvalue weighted by atomic mass is 32.1. The van der Waals surface area contributed by atoms with Crippen LogP contribution in [0, 0.1) is 6.92 Å². The quantitative estimate of drug-likeness (QED) is 0.878. The number of nitrogens with one attached hydrogen (secondary N) is 1. The minimum Gasteiger partial charge on any atom is -0.311 e. The van der Waals surface area contributed by atoms with Gasteiger partial charge in [0.05, 0.1) is 22.4 Å². The molecule has 1 N–H and O–H groups in total. The average molecular weight is 236 g/mol. The second-order valence-corrected chi connectivity index (χ2v) is 4.85. The van der Waals surface area contributed by atoms with E-state index in [1.165, 1.54) is 5.69 Å². The van der Waals surface area contributed by atoms with Gasteiger partial charge in [-0.25, -0.2) is 4.98 Å². The third-order valence-corrected chi connectivity index (χ3v) is 3.47. The molecule has 4 nitrogen and oxygen atoms in total. The highest BCUT2D eigenvalue weighted by Crippen LogP contribution is 2.18. The molecule has 1 atom stereocenters. The fraction of sp³-hybridized carbons (Fsp3) is 0.455. The Hall–Kier alpha value is -1.20. The fourth-order valence-electron chi connectivity index (χ4n) is 1.79. The van der Waals surface area contributed by atoms with E-state index in [1.54, 1.807) is 11.3 Å². The highest BCUT2D eigenvalue weighted by Gasteiger charge is 2.14. The van der Waals surface area contributed by atoms with Gasteiger partial charge in [0, 0.05) is 25.0 Å². The molecule has 2 rings (SSSR count). The first-order chi connectivity index (χ1) is 7.70. The number of aromatic nitrogens is 3. The van der Waals surface area contributed by atoms with E-state index < -0.39 is 0 Å². The van der Waals surface area contributed by atoms with Crippen molar-refractivity contribution in [2.45, 2.75) is 19.4 Å². The van der Waals surface area contributed by atoms with Crippen LogP contribution in [-0.2, 0) is 13.5 Å². The standard InChI is InChI=1S/C11H16N4S/c1-8-14-9(7-16-8)6-10(12-2)11-4-5-13-15(11)3/h4-5,7,10,12H,6H2,1-3H3. The van der Waals surface area contributed by atoms with Gasteiger partial charge in [0.2, 0.25) is 0 Å². The van der Waals surface area contributed by atoms with E-state index in [-0.39, 0.29) is 6.04 Å². The van der Waals surface area contributed by atoms with Crippen LogP contribution in [0.5, 0.6) is 0 Å². The summed E-state index contributed by atoms with van der Waals surface area (Å²) < 4.78 is 1.90. The Morgan fingerprint density at radius 3 is 2.88 bits per heavy atom. The van der Waals surface area contributed by atoms with Crippen LogP contribution in [-0.4, -0.2) is 21.8 Å². The first-order valence-electron chi connectivity index (χ1n) is 5.27. The summed E-state index contributed by atoms with van der Waals surface area (Å²) in [7, 11) is 3.93. The smallest absolute Gasteiger partial charge is 0.0897 e. The minimum absolute atomic E-state index is 0.272. The number of thiazole rings is 1. The molecule has 0 spiro atoms. The first-order valence-corrected chi connectivity index (χ1v) is 6.15. The van der Waals surface area contributed by atoms with Crippen molar-refractivity contribution in [3.05, 3.63) is 34.0 Å². The molecule has 0 amide bonds. The Morgan fingerprint density at radius 1 is 1.56 bits per heavy atom. The van der Waals surface area contributed by atoms with Gasteiger partial charge in [0.15, 0.2) is 0 Å². The molecule has 16 heavy (non-hydrogen) atoms. The third-order valence-electron chi connectivity index (χ3n) is 2.64. The molecule has 2 aromatic heterocycles. The van der Waals surface area contributed by atoms with Crippen LogP contribution in [0.3, 0.4) is 0 Å². The zero-order valence-corrected chi connectivity index (χ0v) is 10.6. The number of aryl methyl sites for hydroxylation is 2. The summed E-state index contributed by atoms with van der Waals surface area (Å²) >= 11 is 1.70. The highest BCUT2D eigenvalue weighted by molar-refractivity contribution is 7.09. The maximum absolute atomic E-state index is 4.49. The Labute approximate surface area is 99.3 Å². The van der Waals surface area contributed by atoms with Gasteiger partial charge < -0.3 is 5.32 Å². The van der Waals surface area contributed by atoms with Crippen LogP contribution < -0.4 is 5.32 Å². The van der Waals surface area contributed by atoms with Crippen molar-refractivity contribution < 1.29 is 0 Å². The van der Waals surface area contributed by atoms with E-state index in [4.69, 9.17) is 0 Å². The third kappa shape index (κ3) is 2.31. The van der Waals surface area contributed by atoms with Crippen LogP contribution >= 0.6 is 11.3 Å². The van der Waals surface area contributed by atoms with Crippen molar-refractivity contribution in [3.63, 3.8) is 0 Å². The molecule has 5 heteroatoms. The van der Waals surface area contributed by atoms with Gasteiger partial charge >= 0.3 is 0 Å². The van der Waals surface area contributed by atoms with Crippen molar-refractivity contribution >= 4 is 11.3 Å². The summed E-state index contributed by atoms with van der Waals surface area (Å²) in [6.07, 6.45) is 2.73. The van der Waals surface area contributed by atoms with Crippen molar-refractivity contribution in [3.8, 4) is 0 Å². The van der Waals surface area contributed by atoms with Crippen molar-refractivity contribution in [2.24, 2.45) is 7.05 Å². The zero-order chi connectivity index (χ0) is 11.5. The van der Waals surface area contributed by atoms with E-state index in [9.17, 15) is 0 Å². The van der Waals surface area contributed by atoms with Crippen LogP contribution in [0.2, 0.25) is 0 Å². The normalized spacial score (nSPS) is 12.9. The molecule has 0 saturated heterocycles. The van der Waals surface area contributed by atoms with E-state index >= 15 is 0 Å². The van der Waals surface area contributed by atoms with Gasteiger partial charge in [-0.2, -0.15) is 5.10 Å². The molecule has 2 aromatic rings. The van der Waals surface area contributed by atoms with E-state index in [0.717, 1.165) is 17.1 Å². The fourth-order valence-corrected chi connectivity index (χ4v) is 2.42. The molecule has 0 aliphatic carbocycles. The molecule has 0 aliphatic rings. The van der Waals surface area contributed by atoms with Gasteiger partial charge in [-0.05, 0) is 20.0 Å². The number of rotatable bonds is 4. The SMILES string of the molecule is CNC(Cc1csc(C)n1)c1ccnn1C. The Bertz CT molecular complexity index is 460. The molecular weight excluding hydrogens is 220 g/mol. The Kier molecular flexibility index (Phi) is 3.36. The van der Waals surface area contributed by atoms with Gasteiger partial charge in [-0.3, -0.25) is 4.68 Å². The lowest BCUT2D eigenvalue weighted by Crippen LogP contribution is -2.21. The zero-order valence-electron chi connectivity index (χ0n) is 9.77. The molecule has 0 aliphatic heterocycles. The maximum atomic E-state index is 4.49. The van der Waals surface area contributed by atoms with Gasteiger partial charge in [0.25, 0.3) is 0 Å². The summed E-state index contributed by atoms with van der Waals surface area (Å²) in [6, 6.07) is 2.31. The lowest BCUT2D eigenvalue weighted by molar-refractivity contribution is 0.533. The molecular formula is C11H16N4S. The second kappa shape index (κ2) is 4.76. The van der Waals surface area contributed by atoms with Crippen molar-refractivity contribution in [1.82, 2.24) is 20.1 Å². The predicted molar refractivity (Wildman–Crippen MR) is 65.6 cm³/mol. The topological polar surface area (TPSA) is 42.7 Å². The molecule has 0 bridgehead atoms. The molecule has 0 aromatic carbocycles. The molecule has 86 valence electrons. The van der Waals surface area contributed by atoms with Gasteiger partial charge in [0.1, 0.15) is 0 Å². The summed E-state index contributed by atoms with van der Waals surface area (Å²) in [5, 5.41) is 10.7. The van der Waals surface area contributed by atoms with E-state index in [2.05, 4.69) is 20.8 Å². The van der Waals surface area contributed by atoms with Crippen LogP contribution in [0.15, 0.2) is 17.6 Å². The number of nitrogens with zero attached hydrogens (tertiary/aromatic N) is 3. The Balaban J connectivity index is 2.15. The predicted octanol–water partition coefficient (Wildman–Crippen LogP) is 1.69. The van der Waals surface area contributed by atoms with Crippen LogP contribution in [0.4, 0.5) is 0 Å². The van der Waals surface area contributed by atoms with E-state index in [0.29, 0.717) is 0 Å². The van der Waals surface area contributed by atoms with Crippen molar-refractivity contribution in [2.75, 3.05) is 7.05 Å².